The number of hydrogen-bond acceptors (Lipinski definition) is 5. The Labute approximate surface area is 164 Å². The lowest BCUT2D eigenvalue weighted by molar-refractivity contribution is -0.158. The van der Waals surface area contributed by atoms with E-state index in [0.29, 0.717) is 36.4 Å². The Morgan fingerprint density at radius 1 is 1.11 bits per heavy atom. The van der Waals surface area contributed by atoms with E-state index in [1.54, 1.807) is 26.0 Å². The average Bonchev–Trinajstić information content (AvgIpc) is 2.72. The van der Waals surface area contributed by atoms with Gasteiger partial charge in [-0.25, -0.2) is 4.79 Å². The van der Waals surface area contributed by atoms with Gasteiger partial charge in [0.1, 0.15) is 0 Å². The number of rotatable bonds is 4. The first-order valence-electron chi connectivity index (χ1n) is 9.39. The average molecular weight is 381 g/mol. The number of amides is 1. The van der Waals surface area contributed by atoms with Gasteiger partial charge < -0.3 is 19.1 Å². The summed E-state index contributed by atoms with van der Waals surface area (Å²) in [6, 6.07) is 11.2. The standard InChI is InChI=1S/C22H23NO5/c1-4-28-21(25)22-13-15-7-5-6-8-16(15)20(24)23(22)10-9-14-11-18(26-2)19(27-3)12-17(14)22/h5-8,11-12H,4,9-10,13H2,1-3H3. The number of esters is 1. The molecule has 2 aromatic rings. The zero-order valence-electron chi connectivity index (χ0n) is 16.3. The first-order valence-corrected chi connectivity index (χ1v) is 9.39. The smallest absolute Gasteiger partial charge is 0.337 e. The number of methoxy groups -OCH3 is 2. The molecule has 2 aromatic carbocycles. The number of carbonyl (C=O) groups is 2. The van der Waals surface area contributed by atoms with Crippen LogP contribution in [-0.4, -0.2) is 44.1 Å². The predicted octanol–water partition coefficient (Wildman–Crippen LogP) is 2.72. The quantitative estimate of drug-likeness (QED) is 0.762. The number of carbonyl (C=O) groups excluding carboxylic acids is 2. The zero-order chi connectivity index (χ0) is 19.9. The third kappa shape index (κ3) is 2.47. The van der Waals surface area contributed by atoms with Crippen LogP contribution < -0.4 is 9.47 Å². The number of benzene rings is 2. The van der Waals surface area contributed by atoms with Crippen molar-refractivity contribution in [1.29, 1.82) is 0 Å². The largest absolute Gasteiger partial charge is 0.493 e. The summed E-state index contributed by atoms with van der Waals surface area (Å²) in [4.78, 5) is 28.3. The summed E-state index contributed by atoms with van der Waals surface area (Å²) in [6.45, 7) is 2.46. The Balaban J connectivity index is 1.98. The molecule has 1 amide bonds. The third-order valence-electron chi connectivity index (χ3n) is 5.67. The van der Waals surface area contributed by atoms with Crippen LogP contribution in [0.5, 0.6) is 11.5 Å². The van der Waals surface area contributed by atoms with Crippen LogP contribution in [0.2, 0.25) is 0 Å². The summed E-state index contributed by atoms with van der Waals surface area (Å²) >= 11 is 0. The fraction of sp³-hybridized carbons (Fsp3) is 0.364. The van der Waals surface area contributed by atoms with Gasteiger partial charge in [0.05, 0.1) is 20.8 Å². The van der Waals surface area contributed by atoms with Gasteiger partial charge in [-0.1, -0.05) is 18.2 Å². The molecule has 0 fully saturated rings. The minimum Gasteiger partial charge on any atom is -0.493 e. The molecular formula is C22H23NO5. The van der Waals surface area contributed by atoms with Gasteiger partial charge in [-0.3, -0.25) is 4.79 Å². The van der Waals surface area contributed by atoms with E-state index in [-0.39, 0.29) is 12.5 Å². The van der Waals surface area contributed by atoms with E-state index in [4.69, 9.17) is 14.2 Å². The van der Waals surface area contributed by atoms with Crippen molar-refractivity contribution in [3.63, 3.8) is 0 Å². The summed E-state index contributed by atoms with van der Waals surface area (Å²) in [5.41, 5.74) is 2.01. The highest BCUT2D eigenvalue weighted by molar-refractivity contribution is 6.02. The van der Waals surface area contributed by atoms with Gasteiger partial charge >= 0.3 is 5.97 Å². The van der Waals surface area contributed by atoms with Crippen molar-refractivity contribution in [2.75, 3.05) is 27.4 Å². The van der Waals surface area contributed by atoms with E-state index in [1.165, 1.54) is 0 Å². The molecule has 0 aliphatic carbocycles. The molecule has 2 aliphatic rings. The van der Waals surface area contributed by atoms with E-state index >= 15 is 0 Å². The lowest BCUT2D eigenvalue weighted by atomic mass is 9.72. The van der Waals surface area contributed by atoms with Crippen LogP contribution >= 0.6 is 0 Å². The van der Waals surface area contributed by atoms with Crippen molar-refractivity contribution in [2.45, 2.75) is 25.3 Å². The second kappa shape index (κ2) is 6.86. The normalized spacial score (nSPS) is 20.0. The van der Waals surface area contributed by atoms with E-state index in [2.05, 4.69) is 0 Å². The Hall–Kier alpha value is -3.02. The predicted molar refractivity (Wildman–Crippen MR) is 103 cm³/mol. The van der Waals surface area contributed by atoms with Crippen molar-refractivity contribution < 1.29 is 23.8 Å². The van der Waals surface area contributed by atoms with E-state index < -0.39 is 11.5 Å². The molecule has 0 saturated heterocycles. The van der Waals surface area contributed by atoms with Crippen LogP contribution in [0.4, 0.5) is 0 Å². The van der Waals surface area contributed by atoms with E-state index in [9.17, 15) is 9.59 Å². The molecule has 0 N–H and O–H groups in total. The topological polar surface area (TPSA) is 65.1 Å². The molecular weight excluding hydrogens is 358 g/mol. The molecule has 28 heavy (non-hydrogen) atoms. The highest BCUT2D eigenvalue weighted by Crippen LogP contribution is 2.47. The second-order valence-electron chi connectivity index (χ2n) is 6.99. The molecule has 1 atom stereocenters. The SMILES string of the molecule is CCOC(=O)C12Cc3ccccc3C(=O)N1CCc1cc(OC)c(OC)cc12. The molecule has 0 spiro atoms. The highest BCUT2D eigenvalue weighted by atomic mass is 16.5. The number of ether oxygens (including phenoxy) is 3. The minimum absolute atomic E-state index is 0.143. The van der Waals surface area contributed by atoms with Crippen LogP contribution in [-0.2, 0) is 27.9 Å². The lowest BCUT2D eigenvalue weighted by Gasteiger charge is -2.49. The second-order valence-corrected chi connectivity index (χ2v) is 6.99. The Morgan fingerprint density at radius 3 is 2.54 bits per heavy atom. The van der Waals surface area contributed by atoms with Gasteiger partial charge in [-0.2, -0.15) is 0 Å². The first kappa shape index (κ1) is 18.3. The Bertz CT molecular complexity index is 954. The van der Waals surface area contributed by atoms with Crippen LogP contribution in [0.1, 0.15) is 34.0 Å². The third-order valence-corrected chi connectivity index (χ3v) is 5.67. The van der Waals surface area contributed by atoms with Crippen LogP contribution in [0, 0.1) is 0 Å². The van der Waals surface area contributed by atoms with Crippen LogP contribution in [0.25, 0.3) is 0 Å². The molecule has 1 unspecified atom stereocenters. The summed E-state index contributed by atoms with van der Waals surface area (Å²) in [5, 5.41) is 0. The number of nitrogens with zero attached hydrogens (tertiary/aromatic N) is 1. The maximum atomic E-state index is 13.3. The van der Waals surface area contributed by atoms with Crippen molar-refractivity contribution in [1.82, 2.24) is 4.90 Å². The molecule has 2 heterocycles. The fourth-order valence-electron chi connectivity index (χ4n) is 4.39. The van der Waals surface area contributed by atoms with Gasteiger partial charge in [0, 0.05) is 18.5 Å². The van der Waals surface area contributed by atoms with Gasteiger partial charge in [0.2, 0.25) is 0 Å². The van der Waals surface area contributed by atoms with Crippen LogP contribution in [0.15, 0.2) is 36.4 Å². The van der Waals surface area contributed by atoms with E-state index in [1.807, 2.05) is 36.4 Å². The molecule has 4 rings (SSSR count). The summed E-state index contributed by atoms with van der Waals surface area (Å²) < 4.78 is 16.4. The molecule has 146 valence electrons. The van der Waals surface area contributed by atoms with Crippen molar-refractivity contribution in [3.05, 3.63) is 58.7 Å². The summed E-state index contributed by atoms with van der Waals surface area (Å²) in [6.07, 6.45) is 1.00. The maximum Gasteiger partial charge on any atom is 0.337 e. The Morgan fingerprint density at radius 2 is 1.82 bits per heavy atom. The fourth-order valence-corrected chi connectivity index (χ4v) is 4.39. The Kier molecular flexibility index (Phi) is 4.49. The maximum absolute atomic E-state index is 13.3. The molecule has 0 bridgehead atoms. The minimum atomic E-state index is -1.20. The first-order chi connectivity index (χ1) is 13.6. The molecule has 0 saturated carbocycles. The van der Waals surface area contributed by atoms with Gasteiger partial charge in [0.15, 0.2) is 17.0 Å². The monoisotopic (exact) mass is 381 g/mol. The van der Waals surface area contributed by atoms with Crippen LogP contribution in [0.3, 0.4) is 0 Å². The summed E-state index contributed by atoms with van der Waals surface area (Å²) in [7, 11) is 3.14. The molecule has 2 aliphatic heterocycles. The van der Waals surface area contributed by atoms with Crippen molar-refractivity contribution in [3.8, 4) is 11.5 Å². The molecule has 6 heteroatoms. The summed E-state index contributed by atoms with van der Waals surface area (Å²) in [5.74, 6) is 0.579. The molecule has 0 aromatic heterocycles. The van der Waals surface area contributed by atoms with Gasteiger partial charge in [-0.05, 0) is 48.2 Å². The van der Waals surface area contributed by atoms with Crippen molar-refractivity contribution in [2.24, 2.45) is 0 Å². The van der Waals surface area contributed by atoms with Gasteiger partial charge in [0.25, 0.3) is 5.91 Å². The zero-order valence-corrected chi connectivity index (χ0v) is 16.3. The molecule has 6 nitrogen and oxygen atoms in total. The van der Waals surface area contributed by atoms with Gasteiger partial charge in [-0.15, -0.1) is 0 Å². The lowest BCUT2D eigenvalue weighted by Crippen LogP contribution is -2.62. The number of hydrogen-bond donors (Lipinski definition) is 0. The molecule has 0 radical (unpaired) electrons. The highest BCUT2D eigenvalue weighted by Gasteiger charge is 2.55. The van der Waals surface area contributed by atoms with Crippen molar-refractivity contribution >= 4 is 11.9 Å². The van der Waals surface area contributed by atoms with E-state index in [0.717, 1.165) is 16.7 Å². The number of fused-ring (bicyclic) bond motifs is 4.